The van der Waals surface area contributed by atoms with Gasteiger partial charge in [-0.1, -0.05) is 0 Å². The molecule has 0 radical (unpaired) electrons. The minimum atomic E-state index is 1.09. The summed E-state index contributed by atoms with van der Waals surface area (Å²) in [6, 6.07) is 2.31. The van der Waals surface area contributed by atoms with Crippen molar-refractivity contribution in [1.82, 2.24) is 0 Å². The quantitative estimate of drug-likeness (QED) is 0.533. The molecule has 2 atom stereocenters. The highest BCUT2D eigenvalue weighted by Gasteiger charge is 2.40. The lowest BCUT2D eigenvalue weighted by Crippen LogP contribution is -2.00. The number of rotatable bonds is 0. The molecule has 2 aliphatic carbocycles. The van der Waals surface area contributed by atoms with Gasteiger partial charge < -0.3 is 0 Å². The second-order valence-electron chi connectivity index (χ2n) is 3.53. The lowest BCUT2D eigenvalue weighted by atomic mass is 10.00. The Morgan fingerprint density at radius 1 is 1.30 bits per heavy atom. The van der Waals surface area contributed by atoms with Crippen LogP contribution in [0.15, 0.2) is 11.4 Å². The average Bonchev–Trinajstić information content (AvgIpc) is 2.52. The molecule has 52 valence electrons. The van der Waals surface area contributed by atoms with Gasteiger partial charge in [0.1, 0.15) is 0 Å². The minimum absolute atomic E-state index is 1.09. The summed E-state index contributed by atoms with van der Waals surface area (Å²) in [6.07, 6.45) is 4.31. The van der Waals surface area contributed by atoms with Gasteiger partial charge in [-0.2, -0.15) is 0 Å². The van der Waals surface area contributed by atoms with Crippen molar-refractivity contribution in [3.8, 4) is 0 Å². The molecule has 2 aliphatic rings. The second kappa shape index (κ2) is 1.65. The summed E-state index contributed by atoms with van der Waals surface area (Å²) in [7, 11) is 0. The molecule has 1 fully saturated rings. The molecule has 1 saturated carbocycles. The van der Waals surface area contributed by atoms with E-state index < -0.39 is 0 Å². The van der Waals surface area contributed by atoms with Gasteiger partial charge in [0.05, 0.1) is 0 Å². The Bertz CT molecular complexity index is 237. The maximum absolute atomic E-state index is 2.31. The maximum Gasteiger partial charge on any atom is 0.00801 e. The van der Waals surface area contributed by atoms with Crippen LogP contribution in [0.4, 0.5) is 0 Å². The third kappa shape index (κ3) is 0.615. The Kier molecular flexibility index (Phi) is 0.883. The molecule has 0 amide bonds. The Morgan fingerprint density at radius 2 is 2.20 bits per heavy atom. The van der Waals surface area contributed by atoms with Crippen LogP contribution in [-0.4, -0.2) is 0 Å². The van der Waals surface area contributed by atoms with Gasteiger partial charge in [-0.3, -0.25) is 0 Å². The third-order valence-electron chi connectivity index (χ3n) is 2.84. The van der Waals surface area contributed by atoms with Crippen LogP contribution >= 0.6 is 11.3 Å². The zero-order valence-electron chi connectivity index (χ0n) is 5.84. The Hall–Kier alpha value is -0.300. The molecule has 2 unspecified atom stereocenters. The van der Waals surface area contributed by atoms with Gasteiger partial charge in [0, 0.05) is 4.88 Å². The lowest BCUT2D eigenvalue weighted by Gasteiger charge is -2.08. The lowest BCUT2D eigenvalue weighted by molar-refractivity contribution is 0.659. The molecule has 1 aromatic rings. The number of hydrogen-bond donors (Lipinski definition) is 0. The smallest absolute Gasteiger partial charge is 0.00801 e. The van der Waals surface area contributed by atoms with E-state index in [1.54, 1.807) is 10.4 Å². The molecule has 10 heavy (non-hydrogen) atoms. The van der Waals surface area contributed by atoms with E-state index >= 15 is 0 Å². The van der Waals surface area contributed by atoms with E-state index in [0.717, 1.165) is 11.8 Å². The fraction of sp³-hybridized carbons (Fsp3) is 0.556. The molecule has 1 aromatic heterocycles. The third-order valence-corrected chi connectivity index (χ3v) is 3.82. The average molecular weight is 150 g/mol. The van der Waals surface area contributed by atoms with Crippen LogP contribution < -0.4 is 0 Å². The first kappa shape index (κ1) is 5.36. The fourth-order valence-corrected chi connectivity index (χ4v) is 3.07. The van der Waals surface area contributed by atoms with E-state index in [0.29, 0.717) is 0 Å². The molecule has 1 heteroatoms. The van der Waals surface area contributed by atoms with Crippen molar-refractivity contribution in [1.29, 1.82) is 0 Å². The Labute approximate surface area is 64.9 Å². The summed E-state index contributed by atoms with van der Waals surface area (Å²) in [4.78, 5) is 1.68. The van der Waals surface area contributed by atoms with E-state index in [4.69, 9.17) is 0 Å². The highest BCUT2D eigenvalue weighted by atomic mass is 32.1. The summed E-state index contributed by atoms with van der Waals surface area (Å²) >= 11 is 1.96. The highest BCUT2D eigenvalue weighted by Crippen LogP contribution is 2.48. The predicted molar refractivity (Wildman–Crippen MR) is 43.3 cm³/mol. The van der Waals surface area contributed by atoms with Gasteiger partial charge in [-0.05, 0) is 48.1 Å². The normalized spacial score (nSPS) is 34.8. The molecule has 0 saturated heterocycles. The minimum Gasteiger partial charge on any atom is -0.149 e. The van der Waals surface area contributed by atoms with E-state index in [2.05, 4.69) is 11.4 Å². The molecule has 0 aromatic carbocycles. The van der Waals surface area contributed by atoms with Crippen LogP contribution in [0.25, 0.3) is 0 Å². The molecule has 0 nitrogen and oxygen atoms in total. The summed E-state index contributed by atoms with van der Waals surface area (Å²) in [5.41, 5.74) is 1.66. The topological polar surface area (TPSA) is 0 Å². The summed E-state index contributed by atoms with van der Waals surface area (Å²) in [6.45, 7) is 0. The highest BCUT2D eigenvalue weighted by molar-refractivity contribution is 7.10. The van der Waals surface area contributed by atoms with Gasteiger partial charge in [0.2, 0.25) is 0 Å². The van der Waals surface area contributed by atoms with Crippen LogP contribution in [0.5, 0.6) is 0 Å². The monoisotopic (exact) mass is 150 g/mol. The molecular formula is C9H10S. The first-order chi connectivity index (χ1) is 4.93. The predicted octanol–water partition coefficient (Wildman–Crippen LogP) is 2.48. The van der Waals surface area contributed by atoms with Crippen molar-refractivity contribution in [3.63, 3.8) is 0 Å². The molecule has 0 spiro atoms. The maximum atomic E-state index is 2.31. The summed E-state index contributed by atoms with van der Waals surface area (Å²) in [5, 5.41) is 2.25. The van der Waals surface area contributed by atoms with Gasteiger partial charge in [-0.25, -0.2) is 0 Å². The van der Waals surface area contributed by atoms with Crippen LogP contribution in [0, 0.1) is 11.8 Å². The molecule has 1 heterocycles. The summed E-state index contributed by atoms with van der Waals surface area (Å²) < 4.78 is 0. The van der Waals surface area contributed by atoms with Crippen molar-refractivity contribution in [3.05, 3.63) is 21.9 Å². The van der Waals surface area contributed by atoms with Crippen molar-refractivity contribution >= 4 is 11.3 Å². The first-order valence-electron chi connectivity index (χ1n) is 3.99. The van der Waals surface area contributed by atoms with E-state index in [9.17, 15) is 0 Å². The van der Waals surface area contributed by atoms with Crippen LogP contribution in [0.3, 0.4) is 0 Å². The van der Waals surface area contributed by atoms with Gasteiger partial charge >= 0.3 is 0 Å². The van der Waals surface area contributed by atoms with Crippen molar-refractivity contribution in [2.75, 3.05) is 0 Å². The van der Waals surface area contributed by atoms with E-state index in [1.807, 2.05) is 11.3 Å². The van der Waals surface area contributed by atoms with Crippen LogP contribution in [0.2, 0.25) is 0 Å². The van der Waals surface area contributed by atoms with E-state index in [-0.39, 0.29) is 0 Å². The van der Waals surface area contributed by atoms with Gasteiger partial charge in [0.25, 0.3) is 0 Å². The molecule has 3 rings (SSSR count). The number of hydrogen-bond acceptors (Lipinski definition) is 1. The zero-order valence-corrected chi connectivity index (χ0v) is 6.66. The van der Waals surface area contributed by atoms with Crippen LogP contribution in [-0.2, 0) is 12.8 Å². The zero-order chi connectivity index (χ0) is 6.55. The standard InChI is InChI=1S/C9H10S/c1-2-10-9-5-8-4-7(8)3-6(1)9/h1-2,7-8H,3-5H2. The Morgan fingerprint density at radius 3 is 3.20 bits per heavy atom. The molecule has 0 bridgehead atoms. The summed E-state index contributed by atoms with van der Waals surface area (Å²) in [5.74, 6) is 2.17. The van der Waals surface area contributed by atoms with E-state index in [1.165, 1.54) is 19.3 Å². The molecular weight excluding hydrogens is 140 g/mol. The molecule has 0 N–H and O–H groups in total. The van der Waals surface area contributed by atoms with Gasteiger partial charge in [0.15, 0.2) is 0 Å². The Balaban J connectivity index is 2.07. The first-order valence-corrected chi connectivity index (χ1v) is 4.86. The second-order valence-corrected chi connectivity index (χ2v) is 4.53. The largest absolute Gasteiger partial charge is 0.149 e. The number of fused-ring (bicyclic) bond motifs is 2. The van der Waals surface area contributed by atoms with Gasteiger partial charge in [-0.15, -0.1) is 11.3 Å². The van der Waals surface area contributed by atoms with Crippen molar-refractivity contribution < 1.29 is 0 Å². The SMILES string of the molecule is c1cc2c(s1)CC1CC1C2. The van der Waals surface area contributed by atoms with Crippen molar-refractivity contribution in [2.45, 2.75) is 19.3 Å². The molecule has 0 aliphatic heterocycles. The van der Waals surface area contributed by atoms with Crippen molar-refractivity contribution in [2.24, 2.45) is 11.8 Å². The fourth-order valence-electron chi connectivity index (χ4n) is 2.06. The van der Waals surface area contributed by atoms with Crippen LogP contribution in [0.1, 0.15) is 16.9 Å². The number of thiophene rings is 1.